The van der Waals surface area contributed by atoms with Gasteiger partial charge >= 0.3 is 0 Å². The van der Waals surface area contributed by atoms with Gasteiger partial charge in [0.15, 0.2) is 11.5 Å². The lowest BCUT2D eigenvalue weighted by molar-refractivity contribution is 0.284. The van der Waals surface area contributed by atoms with E-state index in [-0.39, 0.29) is 18.2 Å². The molecule has 0 radical (unpaired) electrons. The Bertz CT molecular complexity index is 882. The average Bonchev–Trinajstić information content (AvgIpc) is 2.72. The molecule has 5 heteroatoms. The second kappa shape index (κ2) is 11.4. The van der Waals surface area contributed by atoms with Crippen LogP contribution in [0.4, 0.5) is 4.39 Å². The van der Waals surface area contributed by atoms with Crippen molar-refractivity contribution in [2.45, 2.75) is 26.5 Å². The maximum absolute atomic E-state index is 12.9. The summed E-state index contributed by atoms with van der Waals surface area (Å²) in [6.07, 6.45) is 0.856. The van der Waals surface area contributed by atoms with Gasteiger partial charge in [-0.1, -0.05) is 48.0 Å². The molecule has 154 valence electrons. The predicted molar refractivity (Wildman–Crippen MR) is 118 cm³/mol. The van der Waals surface area contributed by atoms with Crippen LogP contribution in [0, 0.1) is 12.7 Å². The van der Waals surface area contributed by atoms with Crippen molar-refractivity contribution in [3.05, 3.63) is 94.8 Å². The largest absolute Gasteiger partial charge is 0.493 e. The van der Waals surface area contributed by atoms with Crippen LogP contribution in [0.3, 0.4) is 0 Å². The van der Waals surface area contributed by atoms with E-state index in [1.165, 1.54) is 17.7 Å². The molecule has 1 N–H and O–H groups in total. The van der Waals surface area contributed by atoms with Gasteiger partial charge in [-0.15, -0.1) is 12.4 Å². The number of aryl methyl sites for hydroxylation is 1. The summed E-state index contributed by atoms with van der Waals surface area (Å²) >= 11 is 0. The van der Waals surface area contributed by atoms with Crippen LogP contribution in [0.1, 0.15) is 22.3 Å². The highest BCUT2D eigenvalue weighted by atomic mass is 35.5. The average molecular weight is 416 g/mol. The third kappa shape index (κ3) is 7.08. The van der Waals surface area contributed by atoms with Crippen LogP contribution in [0.5, 0.6) is 11.5 Å². The molecule has 0 aliphatic heterocycles. The maximum Gasteiger partial charge on any atom is 0.161 e. The zero-order valence-corrected chi connectivity index (χ0v) is 17.6. The molecular weight excluding hydrogens is 389 g/mol. The Morgan fingerprint density at radius 1 is 0.828 bits per heavy atom. The summed E-state index contributed by atoms with van der Waals surface area (Å²) in [5, 5.41) is 3.41. The van der Waals surface area contributed by atoms with Gasteiger partial charge in [0.2, 0.25) is 0 Å². The zero-order valence-electron chi connectivity index (χ0n) is 16.8. The number of nitrogens with one attached hydrogen (secondary N) is 1. The van der Waals surface area contributed by atoms with E-state index in [1.54, 1.807) is 7.11 Å². The van der Waals surface area contributed by atoms with Gasteiger partial charge in [-0.25, -0.2) is 4.39 Å². The van der Waals surface area contributed by atoms with Crippen LogP contribution >= 0.6 is 12.4 Å². The molecule has 29 heavy (non-hydrogen) atoms. The summed E-state index contributed by atoms with van der Waals surface area (Å²) < 4.78 is 24.3. The standard InChI is InChI=1S/C24H26FNO2.ClH/c1-18-3-5-20(6-4-18)17-28-23-12-9-21(15-24(23)27-2)16-26-14-13-19-7-10-22(25)11-8-19;/h3-12,15,26H,13-14,16-17H2,1-2H3;1H. The fraction of sp³-hybridized carbons (Fsp3) is 0.250. The fourth-order valence-electron chi connectivity index (χ4n) is 2.90. The van der Waals surface area contributed by atoms with E-state index >= 15 is 0 Å². The molecule has 3 rings (SSSR count). The molecule has 0 unspecified atom stereocenters. The molecule has 0 aliphatic rings. The van der Waals surface area contributed by atoms with E-state index in [9.17, 15) is 4.39 Å². The quantitative estimate of drug-likeness (QED) is 0.469. The first-order valence-corrected chi connectivity index (χ1v) is 9.44. The van der Waals surface area contributed by atoms with Gasteiger partial charge in [0, 0.05) is 6.54 Å². The second-order valence-electron chi connectivity index (χ2n) is 6.81. The van der Waals surface area contributed by atoms with Gasteiger partial charge < -0.3 is 14.8 Å². The monoisotopic (exact) mass is 415 g/mol. The van der Waals surface area contributed by atoms with Gasteiger partial charge in [0.05, 0.1) is 7.11 Å². The molecule has 0 amide bonds. The molecule has 0 spiro atoms. The maximum atomic E-state index is 12.9. The molecule has 0 bridgehead atoms. The molecule has 0 saturated carbocycles. The Hall–Kier alpha value is -2.56. The van der Waals surface area contributed by atoms with Crippen molar-refractivity contribution in [3.63, 3.8) is 0 Å². The third-order valence-electron chi connectivity index (χ3n) is 4.58. The van der Waals surface area contributed by atoms with Gasteiger partial charge in [0.25, 0.3) is 0 Å². The minimum Gasteiger partial charge on any atom is -0.493 e. The Balaban J connectivity index is 0.00000300. The lowest BCUT2D eigenvalue weighted by Crippen LogP contribution is -2.16. The van der Waals surface area contributed by atoms with Crippen molar-refractivity contribution in [3.8, 4) is 11.5 Å². The van der Waals surface area contributed by atoms with E-state index < -0.39 is 0 Å². The number of benzene rings is 3. The number of hydrogen-bond donors (Lipinski definition) is 1. The first kappa shape index (κ1) is 22.7. The second-order valence-corrected chi connectivity index (χ2v) is 6.81. The van der Waals surface area contributed by atoms with E-state index in [0.29, 0.717) is 6.61 Å². The van der Waals surface area contributed by atoms with E-state index in [0.717, 1.165) is 47.7 Å². The highest BCUT2D eigenvalue weighted by molar-refractivity contribution is 5.85. The van der Waals surface area contributed by atoms with Crippen molar-refractivity contribution < 1.29 is 13.9 Å². The predicted octanol–water partition coefficient (Wildman–Crippen LogP) is 5.48. The first-order valence-electron chi connectivity index (χ1n) is 9.44. The fourth-order valence-corrected chi connectivity index (χ4v) is 2.90. The molecule has 0 heterocycles. The van der Waals surface area contributed by atoms with Crippen molar-refractivity contribution in [2.75, 3.05) is 13.7 Å². The molecular formula is C24H27ClFNO2. The summed E-state index contributed by atoms with van der Waals surface area (Å²) in [6, 6.07) is 20.9. The van der Waals surface area contributed by atoms with Crippen molar-refractivity contribution in [2.24, 2.45) is 0 Å². The number of methoxy groups -OCH3 is 1. The van der Waals surface area contributed by atoms with Crippen molar-refractivity contribution in [1.29, 1.82) is 0 Å². The van der Waals surface area contributed by atoms with Gasteiger partial charge in [-0.2, -0.15) is 0 Å². The first-order chi connectivity index (χ1) is 13.6. The van der Waals surface area contributed by atoms with Crippen LogP contribution in [0.2, 0.25) is 0 Å². The molecule has 3 aromatic carbocycles. The van der Waals surface area contributed by atoms with Crippen LogP contribution in [0.25, 0.3) is 0 Å². The minimum absolute atomic E-state index is 0. The summed E-state index contributed by atoms with van der Waals surface area (Å²) in [5.74, 6) is 1.26. The van der Waals surface area contributed by atoms with E-state index in [2.05, 4.69) is 36.5 Å². The molecule has 0 aromatic heterocycles. The van der Waals surface area contributed by atoms with Gasteiger partial charge in [-0.3, -0.25) is 0 Å². The SMILES string of the molecule is COc1cc(CNCCc2ccc(F)cc2)ccc1OCc1ccc(C)cc1.Cl. The Morgan fingerprint density at radius 2 is 1.48 bits per heavy atom. The van der Waals surface area contributed by atoms with Crippen molar-refractivity contribution in [1.82, 2.24) is 5.32 Å². The number of hydrogen-bond acceptors (Lipinski definition) is 3. The summed E-state index contributed by atoms with van der Waals surface area (Å²) in [4.78, 5) is 0. The summed E-state index contributed by atoms with van der Waals surface area (Å²) in [6.45, 7) is 4.13. The van der Waals surface area contributed by atoms with Crippen LogP contribution in [0.15, 0.2) is 66.7 Å². The highest BCUT2D eigenvalue weighted by Gasteiger charge is 2.06. The molecule has 0 saturated heterocycles. The molecule has 3 nitrogen and oxygen atoms in total. The molecule has 0 atom stereocenters. The molecule has 0 fully saturated rings. The smallest absolute Gasteiger partial charge is 0.161 e. The van der Waals surface area contributed by atoms with Crippen LogP contribution in [-0.2, 0) is 19.6 Å². The van der Waals surface area contributed by atoms with E-state index in [4.69, 9.17) is 9.47 Å². The summed E-state index contributed by atoms with van der Waals surface area (Å²) in [7, 11) is 1.65. The van der Waals surface area contributed by atoms with Crippen LogP contribution in [-0.4, -0.2) is 13.7 Å². The van der Waals surface area contributed by atoms with Gasteiger partial charge in [-0.05, 0) is 60.8 Å². The lowest BCUT2D eigenvalue weighted by atomic mass is 10.1. The normalized spacial score (nSPS) is 10.3. The topological polar surface area (TPSA) is 30.5 Å². The van der Waals surface area contributed by atoms with Crippen molar-refractivity contribution >= 4 is 12.4 Å². The Kier molecular flexibility index (Phi) is 8.97. The Labute approximate surface area is 178 Å². The zero-order chi connectivity index (χ0) is 19.8. The third-order valence-corrected chi connectivity index (χ3v) is 4.58. The minimum atomic E-state index is -0.200. The highest BCUT2D eigenvalue weighted by Crippen LogP contribution is 2.28. The summed E-state index contributed by atoms with van der Waals surface area (Å²) in [5.41, 5.74) is 4.60. The molecule has 0 aliphatic carbocycles. The molecule has 3 aromatic rings. The van der Waals surface area contributed by atoms with E-state index in [1.807, 2.05) is 30.3 Å². The lowest BCUT2D eigenvalue weighted by Gasteiger charge is -2.13. The Morgan fingerprint density at radius 3 is 2.17 bits per heavy atom. The number of rotatable bonds is 9. The number of halogens is 2. The van der Waals surface area contributed by atoms with Gasteiger partial charge in [0.1, 0.15) is 12.4 Å². The number of ether oxygens (including phenoxy) is 2. The van der Waals surface area contributed by atoms with Crippen LogP contribution < -0.4 is 14.8 Å².